The first-order valence-electron chi connectivity index (χ1n) is 8.57. The molecule has 2 heterocycles. The van der Waals surface area contributed by atoms with E-state index in [-0.39, 0.29) is 19.9 Å². The van der Waals surface area contributed by atoms with Crippen molar-refractivity contribution in [3.8, 4) is 17.0 Å². The Morgan fingerprint density at radius 2 is 1.86 bits per heavy atom. The van der Waals surface area contributed by atoms with Crippen molar-refractivity contribution in [2.24, 2.45) is 10.9 Å². The molecule has 0 aliphatic heterocycles. The van der Waals surface area contributed by atoms with Crippen LogP contribution in [0.4, 0.5) is 0 Å². The van der Waals surface area contributed by atoms with Crippen LogP contribution in [0.2, 0.25) is 4.34 Å². The molecule has 0 atom stereocenters. The summed E-state index contributed by atoms with van der Waals surface area (Å²) in [7, 11) is -4.01. The number of phenolic OH excluding ortho intramolecular Hbond substituents is 1. The fourth-order valence-electron chi connectivity index (χ4n) is 3.27. The number of halogens is 1. The lowest BCUT2D eigenvalue weighted by Gasteiger charge is -2.06. The lowest BCUT2D eigenvalue weighted by molar-refractivity contribution is 0.481. The highest BCUT2D eigenvalue weighted by molar-refractivity contribution is 7.91. The molecule has 0 unspecified atom stereocenters. The van der Waals surface area contributed by atoms with E-state index in [9.17, 15) is 13.5 Å². The second-order valence-electron chi connectivity index (χ2n) is 6.50. The van der Waals surface area contributed by atoms with Crippen LogP contribution in [0, 0.1) is 0 Å². The number of phenols is 1. The van der Waals surface area contributed by atoms with Gasteiger partial charge in [-0.3, -0.25) is 4.68 Å². The van der Waals surface area contributed by atoms with Crippen LogP contribution in [0.1, 0.15) is 11.1 Å². The molecule has 2 aromatic heterocycles. The number of benzene rings is 2. The van der Waals surface area contributed by atoms with Crippen molar-refractivity contribution >= 4 is 43.9 Å². The summed E-state index contributed by atoms with van der Waals surface area (Å²) in [5.74, 6) is -0.0119. The zero-order chi connectivity index (χ0) is 20.8. The Kier molecular flexibility index (Phi) is 5.09. The van der Waals surface area contributed by atoms with Crippen LogP contribution in [0.5, 0.6) is 5.75 Å². The second-order valence-corrected chi connectivity index (χ2v) is 9.94. The number of aromatic hydroxyl groups is 1. The van der Waals surface area contributed by atoms with Gasteiger partial charge in [-0.15, -0.1) is 11.3 Å². The summed E-state index contributed by atoms with van der Waals surface area (Å²) in [6, 6.07) is 14.3. The molecular formula is C19H17ClN4O3S2. The molecule has 0 aliphatic rings. The maximum Gasteiger partial charge on any atom is 0.248 e. The van der Waals surface area contributed by atoms with Crippen LogP contribution in [0.25, 0.3) is 22.2 Å². The minimum atomic E-state index is -4.01. The van der Waals surface area contributed by atoms with Gasteiger partial charge in [0.2, 0.25) is 10.0 Å². The highest BCUT2D eigenvalue weighted by atomic mass is 35.5. The van der Waals surface area contributed by atoms with Gasteiger partial charge in [-0.1, -0.05) is 41.9 Å². The van der Waals surface area contributed by atoms with E-state index in [1.807, 2.05) is 30.3 Å². The van der Waals surface area contributed by atoms with Crippen molar-refractivity contribution < 1.29 is 13.5 Å². The smallest absolute Gasteiger partial charge is 0.248 e. The molecule has 0 fully saturated rings. The first-order chi connectivity index (χ1) is 13.8. The predicted octanol–water partition coefficient (Wildman–Crippen LogP) is 3.28. The largest absolute Gasteiger partial charge is 0.507 e. The van der Waals surface area contributed by atoms with Crippen LogP contribution in [0.3, 0.4) is 0 Å². The van der Waals surface area contributed by atoms with E-state index in [4.69, 9.17) is 22.5 Å². The monoisotopic (exact) mass is 448 g/mol. The van der Waals surface area contributed by atoms with Crippen molar-refractivity contribution in [2.45, 2.75) is 17.3 Å². The van der Waals surface area contributed by atoms with E-state index in [1.165, 1.54) is 12.1 Å². The zero-order valence-corrected chi connectivity index (χ0v) is 17.4. The summed E-state index contributed by atoms with van der Waals surface area (Å²) in [4.78, 5) is 0. The average molecular weight is 449 g/mol. The van der Waals surface area contributed by atoms with Crippen LogP contribution >= 0.6 is 22.9 Å². The quantitative estimate of drug-likeness (QED) is 0.432. The lowest BCUT2D eigenvalue weighted by Crippen LogP contribution is -2.11. The van der Waals surface area contributed by atoms with Gasteiger partial charge in [0.15, 0.2) is 0 Å². The van der Waals surface area contributed by atoms with Crippen LogP contribution in [0.15, 0.2) is 52.7 Å². The summed E-state index contributed by atoms with van der Waals surface area (Å²) in [5, 5.41) is 20.9. The van der Waals surface area contributed by atoms with Crippen LogP contribution in [-0.2, 0) is 23.1 Å². The Morgan fingerprint density at radius 1 is 1.14 bits per heavy atom. The van der Waals surface area contributed by atoms with E-state index in [0.29, 0.717) is 29.7 Å². The van der Waals surface area contributed by atoms with E-state index in [2.05, 4.69) is 5.10 Å². The van der Waals surface area contributed by atoms with Crippen molar-refractivity contribution in [1.82, 2.24) is 9.78 Å². The normalized spacial score (nSPS) is 12.0. The number of fused-ring (bicyclic) bond motifs is 1. The van der Waals surface area contributed by atoms with Gasteiger partial charge in [0, 0.05) is 12.1 Å². The van der Waals surface area contributed by atoms with Gasteiger partial charge in [0.1, 0.15) is 15.7 Å². The number of hydrogen-bond donors (Lipinski definition) is 3. The number of primary sulfonamides is 1. The number of rotatable bonds is 5. The Labute approximate surface area is 176 Å². The van der Waals surface area contributed by atoms with Gasteiger partial charge in [-0.25, -0.2) is 13.6 Å². The third kappa shape index (κ3) is 3.75. The average Bonchev–Trinajstić information content (AvgIpc) is 3.23. The first kappa shape index (κ1) is 19.9. The molecule has 2 aromatic carbocycles. The van der Waals surface area contributed by atoms with Crippen molar-refractivity contribution in [3.05, 3.63) is 64.0 Å². The van der Waals surface area contributed by atoms with Crippen LogP contribution < -0.4 is 10.9 Å². The third-order valence-corrected chi connectivity index (χ3v) is 7.24. The molecule has 0 saturated heterocycles. The molecule has 0 radical (unpaired) electrons. The van der Waals surface area contributed by atoms with Crippen molar-refractivity contribution in [2.75, 3.05) is 0 Å². The Morgan fingerprint density at radius 3 is 2.59 bits per heavy atom. The summed E-state index contributed by atoms with van der Waals surface area (Å²) in [5.41, 5.74) is 8.92. The van der Waals surface area contributed by atoms with Gasteiger partial charge < -0.3 is 10.8 Å². The number of thiophene rings is 1. The Bertz CT molecular complexity index is 1330. The molecule has 29 heavy (non-hydrogen) atoms. The molecule has 0 aliphatic carbocycles. The summed E-state index contributed by atoms with van der Waals surface area (Å²) >= 11 is 6.93. The molecule has 7 nitrogen and oxygen atoms in total. The first-order valence-corrected chi connectivity index (χ1v) is 11.3. The van der Waals surface area contributed by atoms with Crippen LogP contribution in [-0.4, -0.2) is 23.3 Å². The van der Waals surface area contributed by atoms with E-state index < -0.39 is 10.0 Å². The molecular weight excluding hydrogens is 432 g/mol. The highest BCUT2D eigenvalue weighted by Crippen LogP contribution is 2.41. The van der Waals surface area contributed by atoms with Crippen molar-refractivity contribution in [1.29, 1.82) is 0 Å². The van der Waals surface area contributed by atoms with Gasteiger partial charge in [0.05, 0.1) is 21.8 Å². The Hall–Kier alpha value is -2.43. The van der Waals surface area contributed by atoms with Gasteiger partial charge in [0.25, 0.3) is 0 Å². The molecule has 0 spiro atoms. The zero-order valence-electron chi connectivity index (χ0n) is 15.0. The van der Waals surface area contributed by atoms with E-state index in [1.54, 1.807) is 10.7 Å². The molecule has 150 valence electrons. The number of nitrogens with zero attached hydrogens (tertiary/aromatic N) is 2. The van der Waals surface area contributed by atoms with E-state index in [0.717, 1.165) is 22.5 Å². The summed E-state index contributed by atoms with van der Waals surface area (Å²) < 4.78 is 26.0. The maximum atomic E-state index is 12.1. The predicted molar refractivity (Wildman–Crippen MR) is 115 cm³/mol. The molecule has 4 rings (SSSR count). The summed E-state index contributed by atoms with van der Waals surface area (Å²) in [6.07, 6.45) is 0. The fourth-order valence-corrected chi connectivity index (χ4v) is 5.56. The molecule has 0 saturated carbocycles. The second kappa shape index (κ2) is 7.43. The lowest BCUT2D eigenvalue weighted by atomic mass is 10.1. The minimum Gasteiger partial charge on any atom is -0.507 e. The molecule has 0 bridgehead atoms. The molecule has 10 heteroatoms. The number of nitrogens with two attached hydrogens (primary N) is 2. The summed E-state index contributed by atoms with van der Waals surface area (Å²) in [6.45, 7) is 0.835. The SMILES string of the molecule is NCc1cccc(Cn2nc(-c3cc(Cl)sc3S(N)(=O)=O)c3c(O)cccc32)c1. The number of aromatic nitrogens is 2. The highest BCUT2D eigenvalue weighted by Gasteiger charge is 2.25. The maximum absolute atomic E-state index is 12.1. The van der Waals surface area contributed by atoms with Gasteiger partial charge in [-0.05, 0) is 29.3 Å². The molecule has 5 N–H and O–H groups in total. The van der Waals surface area contributed by atoms with Gasteiger partial charge in [-0.2, -0.15) is 5.10 Å². The standard InChI is InChI=1S/C19H17ClN4O3S2/c20-16-8-13(19(28-16)29(22,26)27)18-17-14(5-2-6-15(17)25)24(23-18)10-12-4-1-3-11(7-12)9-21/h1-8,25H,9-10,21H2,(H2,22,26,27). The van der Waals surface area contributed by atoms with E-state index >= 15 is 0 Å². The molecule has 0 amide bonds. The minimum absolute atomic E-state index is 0.0119. The van der Waals surface area contributed by atoms with Gasteiger partial charge >= 0.3 is 0 Å². The third-order valence-electron chi connectivity index (χ3n) is 4.50. The number of sulfonamides is 1. The Balaban J connectivity index is 1.93. The molecule has 4 aromatic rings. The topological polar surface area (TPSA) is 124 Å². The number of hydrogen-bond acceptors (Lipinski definition) is 6. The fraction of sp³-hybridized carbons (Fsp3) is 0.105. The van der Waals surface area contributed by atoms with Crippen molar-refractivity contribution in [3.63, 3.8) is 0 Å².